The Balaban J connectivity index is 0.00000684. The van der Waals surface area contributed by atoms with Gasteiger partial charge in [0.05, 0.1) is 13.2 Å². The van der Waals surface area contributed by atoms with Gasteiger partial charge in [-0.25, -0.2) is 0 Å². The van der Waals surface area contributed by atoms with Crippen LogP contribution in [0, 0.1) is 10.8 Å². The molecule has 0 fully saturated rings. The zero-order chi connectivity index (χ0) is 26.5. The maximum Gasteiger partial charge on any atom is 0.219 e. The minimum Gasteiger partial charge on any atom is -0.494 e. The Bertz CT molecular complexity index is 947. The van der Waals surface area contributed by atoms with Crippen LogP contribution in [-0.4, -0.2) is 72.7 Å². The number of nitrogens with one attached hydrogen (secondary N) is 2. The Morgan fingerprint density at radius 3 is 1.27 bits per heavy atom. The summed E-state index contributed by atoms with van der Waals surface area (Å²) in [6.45, 7) is 5.83. The van der Waals surface area contributed by atoms with Crippen molar-refractivity contribution in [2.45, 2.75) is 26.7 Å². The van der Waals surface area contributed by atoms with Crippen LogP contribution >= 0.6 is 12.4 Å². The molecule has 37 heavy (non-hydrogen) atoms. The Morgan fingerprint density at radius 2 is 1.00 bits per heavy atom. The monoisotopic (exact) mass is 532 g/mol. The summed E-state index contributed by atoms with van der Waals surface area (Å²) in [4.78, 5) is 27.6. The van der Waals surface area contributed by atoms with E-state index in [1.165, 1.54) is 13.8 Å². The quantitative estimate of drug-likeness (QED) is 0.157. The number of halogens is 1. The summed E-state index contributed by atoms with van der Waals surface area (Å²) in [6.07, 6.45) is 1.29. The van der Waals surface area contributed by atoms with E-state index in [9.17, 15) is 9.59 Å². The van der Waals surface area contributed by atoms with Crippen LogP contribution in [0.15, 0.2) is 48.5 Å². The molecule has 0 saturated carbocycles. The first-order valence-electron chi connectivity index (χ1n) is 11.8. The van der Waals surface area contributed by atoms with Crippen LogP contribution < -0.4 is 20.9 Å². The molecule has 0 radical (unpaired) electrons. The highest BCUT2D eigenvalue weighted by atomic mass is 35.5. The molecule has 0 aliphatic carbocycles. The van der Waals surface area contributed by atoms with Gasteiger partial charge in [0.15, 0.2) is 0 Å². The highest BCUT2D eigenvalue weighted by Gasteiger charge is 2.14. The first-order valence-corrected chi connectivity index (χ1v) is 11.8. The minimum atomic E-state index is -0.0540. The average Bonchev–Trinajstić information content (AvgIpc) is 2.84. The summed E-state index contributed by atoms with van der Waals surface area (Å²) in [7, 11) is 0. The number of carbonyl (C=O) groups is 2. The fraction of sp³-hybridized carbons (Fsp3) is 0.385. The highest BCUT2D eigenvalue weighted by Crippen LogP contribution is 2.13. The number of benzene rings is 2. The number of amidine groups is 2. The Morgan fingerprint density at radius 1 is 0.676 bits per heavy atom. The average molecular weight is 533 g/mol. The van der Waals surface area contributed by atoms with Crippen LogP contribution in [-0.2, 0) is 9.59 Å². The number of rotatable bonds is 15. The second kappa shape index (κ2) is 16.1. The number of nitrogens with zero attached hydrogens (tertiary/aromatic N) is 2. The molecule has 2 aromatic carbocycles. The molecule has 0 atom stereocenters. The van der Waals surface area contributed by atoms with Crippen LogP contribution in [0.2, 0.25) is 0 Å². The summed E-state index contributed by atoms with van der Waals surface area (Å²) in [5.41, 5.74) is 12.2. The van der Waals surface area contributed by atoms with Crippen molar-refractivity contribution >= 4 is 35.9 Å². The third-order valence-electron chi connectivity index (χ3n) is 5.54. The van der Waals surface area contributed by atoms with Gasteiger partial charge >= 0.3 is 0 Å². The molecule has 0 aliphatic heterocycles. The fourth-order valence-corrected chi connectivity index (χ4v) is 3.45. The van der Waals surface area contributed by atoms with Crippen molar-refractivity contribution in [2.75, 3.05) is 39.4 Å². The summed E-state index contributed by atoms with van der Waals surface area (Å²) in [5, 5.41) is 14.8. The van der Waals surface area contributed by atoms with Crippen molar-refractivity contribution in [3.05, 3.63) is 59.7 Å². The van der Waals surface area contributed by atoms with Gasteiger partial charge in [-0.1, -0.05) is 0 Å². The molecule has 0 aliphatic rings. The molecule has 0 spiro atoms. The van der Waals surface area contributed by atoms with Gasteiger partial charge in [-0.15, -0.1) is 12.4 Å². The number of hydrogen-bond donors (Lipinski definition) is 4. The summed E-state index contributed by atoms with van der Waals surface area (Å²) < 4.78 is 11.4. The molecule has 202 valence electrons. The molecule has 0 unspecified atom stereocenters. The van der Waals surface area contributed by atoms with E-state index in [1.807, 2.05) is 0 Å². The molecular weight excluding hydrogens is 496 g/mol. The maximum atomic E-state index is 12.1. The van der Waals surface area contributed by atoms with Gasteiger partial charge in [-0.05, 0) is 61.4 Å². The Hall–Kier alpha value is -3.79. The molecule has 2 rings (SSSR count). The number of nitrogen functional groups attached to an aromatic ring is 2. The molecule has 11 heteroatoms. The second-order valence-corrected chi connectivity index (χ2v) is 8.29. The topological polar surface area (TPSA) is 159 Å². The number of amides is 2. The van der Waals surface area contributed by atoms with Gasteiger partial charge < -0.3 is 30.7 Å². The van der Waals surface area contributed by atoms with Gasteiger partial charge in [-0.2, -0.15) is 0 Å². The molecular formula is C26H37ClN6O4. The van der Waals surface area contributed by atoms with Crippen molar-refractivity contribution in [3.8, 4) is 11.5 Å². The van der Waals surface area contributed by atoms with Crippen molar-refractivity contribution in [1.29, 1.82) is 10.8 Å². The van der Waals surface area contributed by atoms with Gasteiger partial charge in [0.2, 0.25) is 11.8 Å². The van der Waals surface area contributed by atoms with Crippen molar-refractivity contribution in [2.24, 2.45) is 11.5 Å². The van der Waals surface area contributed by atoms with Gasteiger partial charge in [0.25, 0.3) is 0 Å². The third kappa shape index (κ3) is 11.2. The zero-order valence-electron chi connectivity index (χ0n) is 21.4. The van der Waals surface area contributed by atoms with Gasteiger partial charge in [0.1, 0.15) is 23.2 Å². The first kappa shape index (κ1) is 31.2. The lowest BCUT2D eigenvalue weighted by Crippen LogP contribution is -2.41. The Kier molecular flexibility index (Phi) is 13.6. The summed E-state index contributed by atoms with van der Waals surface area (Å²) >= 11 is 0. The van der Waals surface area contributed by atoms with Crippen molar-refractivity contribution in [3.63, 3.8) is 0 Å². The van der Waals surface area contributed by atoms with Crippen molar-refractivity contribution in [1.82, 2.24) is 9.80 Å². The van der Waals surface area contributed by atoms with Crippen LogP contribution in [0.4, 0.5) is 0 Å². The van der Waals surface area contributed by atoms with E-state index in [2.05, 4.69) is 0 Å². The predicted octanol–water partition coefficient (Wildman–Crippen LogP) is 2.61. The van der Waals surface area contributed by atoms with E-state index in [-0.39, 0.29) is 35.9 Å². The molecule has 0 heterocycles. The lowest BCUT2D eigenvalue weighted by Gasteiger charge is -2.26. The normalized spacial score (nSPS) is 10.1. The third-order valence-corrected chi connectivity index (χ3v) is 5.54. The van der Waals surface area contributed by atoms with Crippen LogP contribution in [0.5, 0.6) is 11.5 Å². The molecule has 2 aromatic rings. The molecule has 0 aromatic heterocycles. The molecule has 6 N–H and O–H groups in total. The second-order valence-electron chi connectivity index (χ2n) is 8.29. The Labute approximate surface area is 224 Å². The lowest BCUT2D eigenvalue weighted by molar-refractivity contribution is -0.133. The lowest BCUT2D eigenvalue weighted by atomic mass is 10.2. The summed E-state index contributed by atoms with van der Waals surface area (Å²) in [5.74, 6) is 1.25. The molecule has 0 saturated heterocycles. The number of carbonyl (C=O) groups excluding carboxylic acids is 2. The van der Waals surface area contributed by atoms with Crippen LogP contribution in [0.1, 0.15) is 37.8 Å². The van der Waals surface area contributed by atoms with Crippen LogP contribution in [0.25, 0.3) is 0 Å². The minimum absolute atomic E-state index is 0. The van der Waals surface area contributed by atoms with E-state index in [0.717, 1.165) is 0 Å². The zero-order valence-corrected chi connectivity index (χ0v) is 22.2. The van der Waals surface area contributed by atoms with E-state index in [1.54, 1.807) is 58.3 Å². The van der Waals surface area contributed by atoms with E-state index >= 15 is 0 Å². The van der Waals surface area contributed by atoms with Crippen molar-refractivity contribution < 1.29 is 19.1 Å². The number of ether oxygens (including phenoxy) is 2. The first-order chi connectivity index (χ1) is 17.2. The summed E-state index contributed by atoms with van der Waals surface area (Å²) in [6, 6.07) is 13.9. The van der Waals surface area contributed by atoms with E-state index < -0.39 is 0 Å². The smallest absolute Gasteiger partial charge is 0.219 e. The SMILES string of the molecule is CC(=O)N(CCCOc1ccc(C(=N)N)cc1)CCN(CCCOc1ccc(C(=N)N)cc1)C(C)=O.Cl. The molecule has 10 nitrogen and oxygen atoms in total. The van der Waals surface area contributed by atoms with Gasteiger partial charge in [0, 0.05) is 51.2 Å². The maximum absolute atomic E-state index is 12.1. The molecule has 2 amide bonds. The fourth-order valence-electron chi connectivity index (χ4n) is 3.45. The largest absolute Gasteiger partial charge is 0.494 e. The van der Waals surface area contributed by atoms with Gasteiger partial charge in [-0.3, -0.25) is 20.4 Å². The van der Waals surface area contributed by atoms with Crippen LogP contribution in [0.3, 0.4) is 0 Å². The predicted molar refractivity (Wildman–Crippen MR) is 147 cm³/mol. The standard InChI is InChI=1S/C26H36N6O4.ClH/c1-19(33)31(13-3-17-35-23-9-5-21(6-10-23)25(27)28)15-16-32(20(2)34)14-4-18-36-24-11-7-22(8-12-24)26(29)30;/h5-12H,3-4,13-18H2,1-2H3,(H3,27,28)(H3,29,30);1H. The number of nitrogens with two attached hydrogens (primary N) is 2. The highest BCUT2D eigenvalue weighted by molar-refractivity contribution is 5.95. The molecule has 0 bridgehead atoms. The van der Waals surface area contributed by atoms with E-state index in [0.29, 0.717) is 74.9 Å². The van der Waals surface area contributed by atoms with E-state index in [4.69, 9.17) is 31.8 Å². The number of hydrogen-bond acceptors (Lipinski definition) is 6.